The summed E-state index contributed by atoms with van der Waals surface area (Å²) in [5.41, 5.74) is 0.863. The van der Waals surface area contributed by atoms with Crippen LogP contribution >= 0.6 is 27.5 Å². The van der Waals surface area contributed by atoms with Gasteiger partial charge in [-0.1, -0.05) is 34.5 Å². The second kappa shape index (κ2) is 6.36. The third-order valence-electron chi connectivity index (χ3n) is 2.52. The fourth-order valence-corrected chi connectivity index (χ4v) is 2.38. The van der Waals surface area contributed by atoms with Gasteiger partial charge < -0.3 is 9.73 Å². The monoisotopic (exact) mass is 328 g/mol. The Labute approximate surface area is 120 Å². The number of oxazole rings is 1. The van der Waals surface area contributed by atoms with Gasteiger partial charge in [-0.2, -0.15) is 0 Å². The van der Waals surface area contributed by atoms with E-state index >= 15 is 0 Å². The fourth-order valence-electron chi connectivity index (χ4n) is 1.61. The molecule has 0 spiro atoms. The molecule has 96 valence electrons. The summed E-state index contributed by atoms with van der Waals surface area (Å²) in [6, 6.07) is 5.70. The van der Waals surface area contributed by atoms with Crippen molar-refractivity contribution in [1.29, 1.82) is 0 Å². The van der Waals surface area contributed by atoms with E-state index in [0.717, 1.165) is 35.4 Å². The molecule has 3 nitrogen and oxygen atoms in total. The van der Waals surface area contributed by atoms with Crippen molar-refractivity contribution in [2.75, 3.05) is 13.1 Å². The molecule has 0 saturated heterocycles. The third-order valence-corrected chi connectivity index (χ3v) is 3.32. The van der Waals surface area contributed by atoms with Crippen molar-refractivity contribution >= 4 is 27.5 Å². The molecule has 18 heavy (non-hydrogen) atoms. The van der Waals surface area contributed by atoms with E-state index < -0.39 is 0 Å². The van der Waals surface area contributed by atoms with Crippen LogP contribution in [0.1, 0.15) is 12.8 Å². The van der Waals surface area contributed by atoms with Gasteiger partial charge in [0.2, 0.25) is 0 Å². The Morgan fingerprint density at radius 3 is 3.00 bits per heavy atom. The fraction of sp³-hybridized carbons (Fsp3) is 0.308. The van der Waals surface area contributed by atoms with E-state index in [0.29, 0.717) is 10.8 Å². The molecule has 1 heterocycles. The van der Waals surface area contributed by atoms with Crippen LogP contribution in [0.5, 0.6) is 0 Å². The van der Waals surface area contributed by atoms with Gasteiger partial charge in [0, 0.05) is 23.0 Å². The van der Waals surface area contributed by atoms with Gasteiger partial charge in [0.25, 0.3) is 0 Å². The molecule has 0 amide bonds. The Kier molecular flexibility index (Phi) is 4.80. The molecule has 1 aromatic carbocycles. The summed E-state index contributed by atoms with van der Waals surface area (Å²) in [6.07, 6.45) is 2.50. The number of aromatic nitrogens is 1. The largest absolute Gasteiger partial charge is 0.441 e. The van der Waals surface area contributed by atoms with Crippen LogP contribution in [-0.2, 0) is 6.42 Å². The van der Waals surface area contributed by atoms with Gasteiger partial charge in [0.15, 0.2) is 11.7 Å². The lowest BCUT2D eigenvalue weighted by atomic mass is 10.2. The van der Waals surface area contributed by atoms with Crippen LogP contribution in [0.15, 0.2) is 33.3 Å². The average molecular weight is 330 g/mol. The van der Waals surface area contributed by atoms with Gasteiger partial charge in [-0.3, -0.25) is 0 Å². The first-order valence-corrected chi connectivity index (χ1v) is 6.98. The molecule has 0 fully saturated rings. The maximum atomic E-state index is 6.17. The lowest BCUT2D eigenvalue weighted by molar-refractivity contribution is 0.497. The zero-order chi connectivity index (χ0) is 13.0. The Hall–Kier alpha value is -0.840. The van der Waals surface area contributed by atoms with Crippen molar-refractivity contribution in [3.8, 4) is 11.3 Å². The van der Waals surface area contributed by atoms with Crippen LogP contribution in [0.2, 0.25) is 5.02 Å². The first kappa shape index (κ1) is 13.6. The van der Waals surface area contributed by atoms with Crippen LogP contribution in [0, 0.1) is 0 Å². The van der Waals surface area contributed by atoms with Gasteiger partial charge in [-0.25, -0.2) is 4.98 Å². The summed E-state index contributed by atoms with van der Waals surface area (Å²) in [5.74, 6) is 1.43. The van der Waals surface area contributed by atoms with E-state index in [2.05, 4.69) is 33.2 Å². The van der Waals surface area contributed by atoms with Crippen molar-refractivity contribution < 1.29 is 4.42 Å². The van der Waals surface area contributed by atoms with Gasteiger partial charge >= 0.3 is 0 Å². The normalized spacial score (nSPS) is 10.8. The molecule has 1 aromatic heterocycles. The molecule has 0 aliphatic heterocycles. The van der Waals surface area contributed by atoms with Crippen molar-refractivity contribution in [1.82, 2.24) is 10.3 Å². The SMILES string of the molecule is CCNCCc1ncc(-c2ccc(Br)cc2Cl)o1. The van der Waals surface area contributed by atoms with Gasteiger partial charge in [0.05, 0.1) is 11.2 Å². The molecule has 0 unspecified atom stereocenters. The molecule has 0 atom stereocenters. The predicted molar refractivity (Wildman–Crippen MR) is 76.9 cm³/mol. The molecule has 0 radical (unpaired) electrons. The number of halogens is 2. The molecule has 0 saturated carbocycles. The molecular formula is C13H14BrClN2O. The van der Waals surface area contributed by atoms with E-state index in [-0.39, 0.29) is 0 Å². The number of hydrogen-bond donors (Lipinski definition) is 1. The third kappa shape index (κ3) is 3.34. The number of nitrogens with one attached hydrogen (secondary N) is 1. The predicted octanol–water partition coefficient (Wildman–Crippen LogP) is 3.91. The zero-order valence-corrected chi connectivity index (χ0v) is 12.4. The summed E-state index contributed by atoms with van der Waals surface area (Å²) < 4.78 is 6.63. The minimum atomic E-state index is 0.652. The van der Waals surface area contributed by atoms with Crippen LogP contribution < -0.4 is 5.32 Å². The summed E-state index contributed by atoms with van der Waals surface area (Å²) >= 11 is 9.55. The van der Waals surface area contributed by atoms with Gasteiger partial charge in [0.1, 0.15) is 0 Å². The minimum Gasteiger partial charge on any atom is -0.441 e. The Balaban J connectivity index is 2.13. The Morgan fingerprint density at radius 1 is 1.44 bits per heavy atom. The summed E-state index contributed by atoms with van der Waals surface area (Å²) in [4.78, 5) is 4.25. The van der Waals surface area contributed by atoms with Gasteiger partial charge in [-0.05, 0) is 24.7 Å². The number of likely N-dealkylation sites (N-methyl/N-ethyl adjacent to an activating group) is 1. The van der Waals surface area contributed by atoms with Crippen LogP contribution in [0.4, 0.5) is 0 Å². The molecule has 0 aliphatic rings. The Morgan fingerprint density at radius 2 is 2.28 bits per heavy atom. The highest BCUT2D eigenvalue weighted by Crippen LogP contribution is 2.30. The van der Waals surface area contributed by atoms with Crippen molar-refractivity contribution in [2.24, 2.45) is 0 Å². The average Bonchev–Trinajstić information content (AvgIpc) is 2.78. The molecule has 5 heteroatoms. The molecule has 2 rings (SSSR count). The highest BCUT2D eigenvalue weighted by molar-refractivity contribution is 9.10. The van der Waals surface area contributed by atoms with Crippen molar-refractivity contribution in [3.05, 3.63) is 39.8 Å². The molecule has 1 N–H and O–H groups in total. The Bertz CT molecular complexity index is 527. The summed E-state index contributed by atoms with van der Waals surface area (Å²) in [7, 11) is 0. The van der Waals surface area contributed by atoms with E-state index in [4.69, 9.17) is 16.0 Å². The second-order valence-corrected chi connectivity index (χ2v) is 5.17. The summed E-state index contributed by atoms with van der Waals surface area (Å²) in [5, 5.41) is 3.88. The van der Waals surface area contributed by atoms with Crippen LogP contribution in [0.3, 0.4) is 0 Å². The lowest BCUT2D eigenvalue weighted by Gasteiger charge is -2.01. The highest BCUT2D eigenvalue weighted by atomic mass is 79.9. The minimum absolute atomic E-state index is 0.652. The van der Waals surface area contributed by atoms with Crippen LogP contribution in [0.25, 0.3) is 11.3 Å². The van der Waals surface area contributed by atoms with E-state index in [1.807, 2.05) is 18.2 Å². The van der Waals surface area contributed by atoms with Crippen molar-refractivity contribution in [3.63, 3.8) is 0 Å². The quantitative estimate of drug-likeness (QED) is 0.845. The molecule has 0 bridgehead atoms. The topological polar surface area (TPSA) is 38.1 Å². The van der Waals surface area contributed by atoms with Crippen LogP contribution in [-0.4, -0.2) is 18.1 Å². The number of hydrogen-bond acceptors (Lipinski definition) is 3. The first-order valence-electron chi connectivity index (χ1n) is 5.81. The van der Waals surface area contributed by atoms with Crippen molar-refractivity contribution in [2.45, 2.75) is 13.3 Å². The maximum Gasteiger partial charge on any atom is 0.196 e. The zero-order valence-electron chi connectivity index (χ0n) is 10.0. The highest BCUT2D eigenvalue weighted by Gasteiger charge is 2.09. The van der Waals surface area contributed by atoms with E-state index in [1.165, 1.54) is 0 Å². The first-order chi connectivity index (χ1) is 8.70. The lowest BCUT2D eigenvalue weighted by Crippen LogP contribution is -2.16. The molecule has 2 aromatic rings. The molecular weight excluding hydrogens is 316 g/mol. The standard InChI is InChI=1S/C13H14BrClN2O/c1-2-16-6-5-13-17-8-12(18-13)10-4-3-9(14)7-11(10)15/h3-4,7-8,16H,2,5-6H2,1H3. The second-order valence-electron chi connectivity index (χ2n) is 3.85. The van der Waals surface area contributed by atoms with E-state index in [9.17, 15) is 0 Å². The van der Waals surface area contributed by atoms with E-state index in [1.54, 1.807) is 6.20 Å². The number of nitrogens with zero attached hydrogens (tertiary/aromatic N) is 1. The van der Waals surface area contributed by atoms with Gasteiger partial charge in [-0.15, -0.1) is 0 Å². The smallest absolute Gasteiger partial charge is 0.196 e. The number of rotatable bonds is 5. The summed E-state index contributed by atoms with van der Waals surface area (Å²) in [6.45, 7) is 3.89. The maximum absolute atomic E-state index is 6.17. The molecule has 0 aliphatic carbocycles. The number of benzene rings is 1.